The lowest BCUT2D eigenvalue weighted by atomic mass is 9.92. The van der Waals surface area contributed by atoms with Gasteiger partial charge in [-0.25, -0.2) is 8.78 Å². The SMILES string of the molecule is O=C(NC1CC(c2ccc(Cl)c(Cl)c2)Oc2ccccc21)C1C(c2ccc3c(c2)OCO3)C1(F)F. The van der Waals surface area contributed by atoms with Crippen molar-refractivity contribution in [3.63, 3.8) is 0 Å². The van der Waals surface area contributed by atoms with Gasteiger partial charge in [0.2, 0.25) is 12.7 Å². The molecule has 3 aliphatic rings. The van der Waals surface area contributed by atoms with E-state index < -0.39 is 35.8 Å². The molecule has 4 atom stereocenters. The highest BCUT2D eigenvalue weighted by Crippen LogP contribution is 2.62. The number of ether oxygens (including phenoxy) is 3. The van der Waals surface area contributed by atoms with Crippen LogP contribution in [0.4, 0.5) is 8.78 Å². The van der Waals surface area contributed by atoms with Crippen LogP contribution in [-0.2, 0) is 4.79 Å². The normalized spacial score (nSPS) is 25.4. The summed E-state index contributed by atoms with van der Waals surface area (Å²) in [4.78, 5) is 13.1. The van der Waals surface area contributed by atoms with Crippen LogP contribution in [0.15, 0.2) is 60.7 Å². The number of para-hydroxylation sites is 1. The van der Waals surface area contributed by atoms with Gasteiger partial charge in [0.25, 0.3) is 5.92 Å². The number of carbonyl (C=O) groups excluding carboxylic acids is 1. The average molecular weight is 518 g/mol. The molecular formula is C26H19Cl2F2NO4. The van der Waals surface area contributed by atoms with E-state index in [4.69, 9.17) is 37.4 Å². The van der Waals surface area contributed by atoms with Crippen LogP contribution < -0.4 is 19.5 Å². The molecule has 3 aromatic carbocycles. The largest absolute Gasteiger partial charge is 0.485 e. The second-order valence-electron chi connectivity index (χ2n) is 8.86. The van der Waals surface area contributed by atoms with Crippen molar-refractivity contribution in [2.45, 2.75) is 30.4 Å². The fourth-order valence-corrected chi connectivity index (χ4v) is 5.21. The number of amides is 1. The number of halogens is 4. The molecule has 0 bridgehead atoms. The Bertz CT molecular complexity index is 1330. The Kier molecular flexibility index (Phi) is 5.31. The van der Waals surface area contributed by atoms with Gasteiger partial charge in [-0.1, -0.05) is 53.5 Å². The maximum absolute atomic E-state index is 14.8. The lowest BCUT2D eigenvalue weighted by Crippen LogP contribution is -2.35. The van der Waals surface area contributed by atoms with Gasteiger partial charge in [0.1, 0.15) is 17.8 Å². The van der Waals surface area contributed by atoms with E-state index in [0.717, 1.165) is 11.1 Å². The molecule has 0 radical (unpaired) electrons. The minimum Gasteiger partial charge on any atom is -0.485 e. The average Bonchev–Trinajstić information content (AvgIpc) is 3.17. The molecule has 0 spiro atoms. The summed E-state index contributed by atoms with van der Waals surface area (Å²) >= 11 is 12.2. The van der Waals surface area contributed by atoms with Crippen molar-refractivity contribution in [1.82, 2.24) is 5.32 Å². The van der Waals surface area contributed by atoms with Gasteiger partial charge < -0.3 is 19.5 Å². The first-order valence-corrected chi connectivity index (χ1v) is 11.9. The number of rotatable bonds is 4. The predicted molar refractivity (Wildman–Crippen MR) is 126 cm³/mol. The minimum absolute atomic E-state index is 0.0485. The van der Waals surface area contributed by atoms with Crippen LogP contribution in [0.3, 0.4) is 0 Å². The zero-order valence-corrected chi connectivity index (χ0v) is 19.7. The Balaban J connectivity index is 1.25. The molecule has 0 aromatic heterocycles. The van der Waals surface area contributed by atoms with Crippen LogP contribution in [-0.4, -0.2) is 18.6 Å². The number of carbonyl (C=O) groups is 1. The van der Waals surface area contributed by atoms with E-state index in [2.05, 4.69) is 5.32 Å². The molecule has 2 aliphatic heterocycles. The smallest absolute Gasteiger partial charge is 0.268 e. The molecular weight excluding hydrogens is 499 g/mol. The third-order valence-electron chi connectivity index (χ3n) is 6.74. The first-order chi connectivity index (χ1) is 16.8. The molecule has 3 aromatic rings. The Morgan fingerprint density at radius 1 is 0.914 bits per heavy atom. The first-order valence-electron chi connectivity index (χ1n) is 11.1. The molecule has 4 unspecified atom stereocenters. The monoisotopic (exact) mass is 517 g/mol. The molecule has 1 aliphatic carbocycles. The standard InChI is InChI=1S/C26H19Cl2F2NO4/c27-16-7-5-13(9-17(16)28)21-11-18(15-3-1-2-4-19(15)35-21)31-25(32)24-23(26(24,29)30)14-6-8-20-22(10-14)34-12-33-20/h1-10,18,21,23-24H,11-12H2,(H,31,32). The summed E-state index contributed by atoms with van der Waals surface area (Å²) in [5.41, 5.74) is 1.87. The highest BCUT2D eigenvalue weighted by molar-refractivity contribution is 6.42. The fourth-order valence-electron chi connectivity index (χ4n) is 4.91. The highest BCUT2D eigenvalue weighted by atomic mass is 35.5. The van der Waals surface area contributed by atoms with E-state index in [1.807, 2.05) is 18.2 Å². The van der Waals surface area contributed by atoms with Gasteiger partial charge in [0.15, 0.2) is 11.5 Å². The van der Waals surface area contributed by atoms with Crippen molar-refractivity contribution >= 4 is 29.1 Å². The van der Waals surface area contributed by atoms with Crippen molar-refractivity contribution in [2.75, 3.05) is 6.79 Å². The summed E-state index contributed by atoms with van der Waals surface area (Å²) in [6, 6.07) is 16.6. The minimum atomic E-state index is -3.16. The summed E-state index contributed by atoms with van der Waals surface area (Å²) in [6.45, 7) is 0.0485. The van der Waals surface area contributed by atoms with Crippen LogP contribution in [0.2, 0.25) is 10.0 Å². The molecule has 1 saturated carbocycles. The summed E-state index contributed by atoms with van der Waals surface area (Å²) in [5, 5.41) is 3.66. The molecule has 180 valence electrons. The van der Waals surface area contributed by atoms with Gasteiger partial charge in [-0.3, -0.25) is 4.79 Å². The van der Waals surface area contributed by atoms with Crippen LogP contribution in [0, 0.1) is 5.92 Å². The summed E-state index contributed by atoms with van der Waals surface area (Å²) in [7, 11) is 0. The number of nitrogens with one attached hydrogen (secondary N) is 1. The molecule has 0 saturated heterocycles. The zero-order valence-electron chi connectivity index (χ0n) is 18.1. The van der Waals surface area contributed by atoms with Crippen molar-refractivity contribution in [3.8, 4) is 17.2 Å². The van der Waals surface area contributed by atoms with E-state index in [-0.39, 0.29) is 6.79 Å². The maximum atomic E-state index is 14.8. The number of alkyl halides is 2. The molecule has 35 heavy (non-hydrogen) atoms. The second-order valence-corrected chi connectivity index (χ2v) is 9.67. The van der Waals surface area contributed by atoms with Crippen LogP contribution in [0.25, 0.3) is 0 Å². The van der Waals surface area contributed by atoms with Gasteiger partial charge in [-0.2, -0.15) is 0 Å². The Labute approximate surface area is 209 Å². The predicted octanol–water partition coefficient (Wildman–Crippen LogP) is 6.45. The van der Waals surface area contributed by atoms with Gasteiger partial charge in [-0.05, 0) is 41.5 Å². The number of benzene rings is 3. The summed E-state index contributed by atoms with van der Waals surface area (Å²) < 4.78 is 46.4. The van der Waals surface area contributed by atoms with Crippen molar-refractivity contribution < 1.29 is 27.8 Å². The highest BCUT2D eigenvalue weighted by Gasteiger charge is 2.72. The second kappa shape index (κ2) is 8.28. The molecule has 2 heterocycles. The lowest BCUT2D eigenvalue weighted by Gasteiger charge is -2.33. The first kappa shape index (κ1) is 22.4. The van der Waals surface area contributed by atoms with Crippen molar-refractivity contribution in [3.05, 3.63) is 87.4 Å². The molecule has 6 rings (SSSR count). The number of hydrogen-bond donors (Lipinski definition) is 1. The van der Waals surface area contributed by atoms with Crippen molar-refractivity contribution in [1.29, 1.82) is 0 Å². The topological polar surface area (TPSA) is 56.8 Å². The van der Waals surface area contributed by atoms with E-state index in [1.54, 1.807) is 36.4 Å². The van der Waals surface area contributed by atoms with Gasteiger partial charge >= 0.3 is 0 Å². The van der Waals surface area contributed by atoms with Crippen LogP contribution in [0.1, 0.15) is 41.2 Å². The molecule has 1 amide bonds. The fraction of sp³-hybridized carbons (Fsp3) is 0.269. The maximum Gasteiger partial charge on any atom is 0.268 e. The van der Waals surface area contributed by atoms with Gasteiger partial charge in [-0.15, -0.1) is 0 Å². The van der Waals surface area contributed by atoms with E-state index in [9.17, 15) is 13.6 Å². The quantitative estimate of drug-likeness (QED) is 0.431. The summed E-state index contributed by atoms with van der Waals surface area (Å²) in [5.74, 6) is -5.06. The number of hydrogen-bond acceptors (Lipinski definition) is 4. The van der Waals surface area contributed by atoms with Gasteiger partial charge in [0, 0.05) is 12.0 Å². The van der Waals surface area contributed by atoms with Crippen LogP contribution in [0.5, 0.6) is 17.2 Å². The Hall–Kier alpha value is -3.03. The molecule has 9 heteroatoms. The van der Waals surface area contributed by atoms with Crippen LogP contribution >= 0.6 is 23.2 Å². The van der Waals surface area contributed by atoms with E-state index in [0.29, 0.717) is 39.3 Å². The molecule has 1 N–H and O–H groups in total. The third kappa shape index (κ3) is 3.87. The molecule has 1 fully saturated rings. The van der Waals surface area contributed by atoms with E-state index in [1.165, 1.54) is 6.07 Å². The lowest BCUT2D eigenvalue weighted by molar-refractivity contribution is -0.125. The Morgan fingerprint density at radius 2 is 1.69 bits per heavy atom. The zero-order chi connectivity index (χ0) is 24.3. The third-order valence-corrected chi connectivity index (χ3v) is 7.48. The van der Waals surface area contributed by atoms with Gasteiger partial charge in [0.05, 0.1) is 22.0 Å². The summed E-state index contributed by atoms with van der Waals surface area (Å²) in [6.07, 6.45) is -0.0809. The molecule has 5 nitrogen and oxygen atoms in total. The Morgan fingerprint density at radius 3 is 2.51 bits per heavy atom. The van der Waals surface area contributed by atoms with E-state index >= 15 is 0 Å². The van der Waals surface area contributed by atoms with Crippen molar-refractivity contribution in [2.24, 2.45) is 5.92 Å². The number of fused-ring (bicyclic) bond motifs is 2.